The molecule has 1 N–H and O–H groups in total. The monoisotopic (exact) mass is 1150 g/mol. The van der Waals surface area contributed by atoms with Gasteiger partial charge in [-0.25, -0.2) is 0 Å². The maximum absolute atomic E-state index is 13.5. The number of hydrogen-bond acceptors (Lipinski definition) is 7. The number of amides is 1. The molecule has 0 rings (SSSR count). The number of carbonyl (C=O) groups excluding carboxylic acids is 2. The Balaban J connectivity index is 5.08. The van der Waals surface area contributed by atoms with Gasteiger partial charge >= 0.3 is 5.97 Å². The number of esters is 1. The lowest BCUT2D eigenvalue weighted by Crippen LogP contribution is -2.47. The number of allylic oxidation sites excluding steroid dienone is 11. The van der Waals surface area contributed by atoms with Gasteiger partial charge in [0, 0.05) is 12.8 Å². The molecular weight excluding hydrogens is 1020 g/mol. The maximum atomic E-state index is 13.5. The van der Waals surface area contributed by atoms with Gasteiger partial charge < -0.3 is 28.5 Å². The zero-order valence-corrected chi connectivity index (χ0v) is 54.9. The van der Waals surface area contributed by atoms with Gasteiger partial charge in [-0.05, 0) is 76.7 Å². The lowest BCUT2D eigenvalue weighted by Gasteiger charge is -2.30. The van der Waals surface area contributed by atoms with Gasteiger partial charge in [0.25, 0.3) is 7.82 Å². The fourth-order valence-electron chi connectivity index (χ4n) is 9.90. The van der Waals surface area contributed by atoms with Crippen LogP contribution < -0.4 is 10.2 Å². The van der Waals surface area contributed by atoms with E-state index in [2.05, 4.69) is 86.8 Å². The summed E-state index contributed by atoms with van der Waals surface area (Å²) >= 11 is 0. The Morgan fingerprint density at radius 3 is 1.20 bits per heavy atom. The number of quaternary nitrogens is 1. The van der Waals surface area contributed by atoms with E-state index in [0.717, 1.165) is 89.9 Å². The predicted molar refractivity (Wildman–Crippen MR) is 348 cm³/mol. The first kappa shape index (κ1) is 78.5. The molecule has 472 valence electrons. The fourth-order valence-corrected chi connectivity index (χ4v) is 10.6. The van der Waals surface area contributed by atoms with Crippen LogP contribution in [0.1, 0.15) is 316 Å². The topological polar surface area (TPSA) is 114 Å². The lowest BCUT2D eigenvalue weighted by atomic mass is 10.0. The van der Waals surface area contributed by atoms with Crippen molar-refractivity contribution < 1.29 is 37.3 Å². The van der Waals surface area contributed by atoms with Crippen LogP contribution in [0.4, 0.5) is 0 Å². The van der Waals surface area contributed by atoms with Crippen molar-refractivity contribution in [1.29, 1.82) is 0 Å². The van der Waals surface area contributed by atoms with E-state index >= 15 is 0 Å². The second kappa shape index (κ2) is 60.6. The number of carbonyl (C=O) groups is 2. The van der Waals surface area contributed by atoms with Crippen LogP contribution in [0.3, 0.4) is 0 Å². The summed E-state index contributed by atoms with van der Waals surface area (Å²) < 4.78 is 30.4. The van der Waals surface area contributed by atoms with E-state index in [9.17, 15) is 19.0 Å². The first-order chi connectivity index (χ1) is 39.4. The molecule has 10 heteroatoms. The van der Waals surface area contributed by atoms with E-state index in [4.69, 9.17) is 13.8 Å². The number of nitrogens with zero attached hydrogens (tertiary/aromatic N) is 1. The van der Waals surface area contributed by atoms with Gasteiger partial charge in [-0.3, -0.25) is 14.2 Å². The molecule has 3 unspecified atom stereocenters. The van der Waals surface area contributed by atoms with Crippen LogP contribution in [0.2, 0.25) is 0 Å². The van der Waals surface area contributed by atoms with Gasteiger partial charge in [-0.1, -0.05) is 299 Å². The molecule has 0 spiro atoms. The molecule has 0 fully saturated rings. The number of unbranched alkanes of at least 4 members (excludes halogenated alkanes) is 36. The van der Waals surface area contributed by atoms with Crippen LogP contribution in [0.5, 0.6) is 0 Å². The summed E-state index contributed by atoms with van der Waals surface area (Å²) in [5.41, 5.74) is 0. The summed E-state index contributed by atoms with van der Waals surface area (Å²) in [6, 6.07) is -0.907. The van der Waals surface area contributed by atoms with E-state index in [1.807, 2.05) is 33.3 Å². The van der Waals surface area contributed by atoms with Gasteiger partial charge in [-0.15, -0.1) is 0 Å². The fraction of sp³-hybridized carbons (Fsp3) is 0.803. The number of ether oxygens (including phenoxy) is 1. The second-order valence-corrected chi connectivity index (χ2v) is 25.7. The highest BCUT2D eigenvalue weighted by atomic mass is 31.2. The van der Waals surface area contributed by atoms with Gasteiger partial charge in [0.05, 0.1) is 33.8 Å². The molecule has 0 aromatic rings. The molecule has 0 saturated heterocycles. The van der Waals surface area contributed by atoms with Gasteiger partial charge in [-0.2, -0.15) is 0 Å². The van der Waals surface area contributed by atoms with Crippen LogP contribution in [0.25, 0.3) is 0 Å². The summed E-state index contributed by atoms with van der Waals surface area (Å²) in [5.74, 6) is -0.570. The van der Waals surface area contributed by atoms with Crippen LogP contribution in [0, 0.1) is 0 Å². The van der Waals surface area contributed by atoms with Crippen molar-refractivity contribution >= 4 is 19.7 Å². The molecule has 0 aliphatic rings. The molecule has 3 atom stereocenters. The maximum Gasteiger partial charge on any atom is 0.306 e. The summed E-state index contributed by atoms with van der Waals surface area (Å²) in [5, 5.41) is 3.02. The third kappa shape index (κ3) is 61.8. The molecule has 0 aliphatic heterocycles. The van der Waals surface area contributed by atoms with Gasteiger partial charge in [0.1, 0.15) is 19.3 Å². The first-order valence-corrected chi connectivity index (χ1v) is 35.7. The summed E-state index contributed by atoms with van der Waals surface area (Å²) in [4.78, 5) is 40.1. The number of hydrogen-bond donors (Lipinski definition) is 1. The van der Waals surface area contributed by atoms with Crippen LogP contribution >= 0.6 is 7.82 Å². The zero-order chi connectivity index (χ0) is 59.3. The summed E-state index contributed by atoms with van der Waals surface area (Å²) in [6.07, 6.45) is 78.9. The Bertz CT molecular complexity index is 1620. The van der Waals surface area contributed by atoms with Crippen molar-refractivity contribution in [3.8, 4) is 0 Å². The number of phosphoric acid groups is 1. The number of nitrogens with one attached hydrogen (secondary N) is 1. The standard InChI is InChI=1S/C71H131N2O7P/c1-7-10-13-16-19-22-25-27-29-31-33-34-35-36-37-38-40-42-44-46-49-52-55-58-61-64-71(75)80-69(62-59-56-53-50-47-24-21-18-15-12-9-3)68(67-79-81(76,77)78-66-65-73(4,5)6)72-70(74)63-60-57-54-51-48-45-43-41-39-32-30-28-26-23-20-17-14-11-8-2/h11,14,20,23,28,30,39,41,45,48,59,62,68-69H,7-10,12-13,15-19,21-22,24-27,29,31-38,40,42-44,46-47,49-58,60-61,63-67H2,1-6H3,(H-,72,74,76,77)/b14-11-,23-20-,30-28-,41-39-,48-45-,62-59-. The molecule has 0 aromatic heterocycles. The highest BCUT2D eigenvalue weighted by Gasteiger charge is 2.27. The Labute approximate surface area is 502 Å². The molecule has 81 heavy (non-hydrogen) atoms. The first-order valence-electron chi connectivity index (χ1n) is 34.2. The third-order valence-corrected chi connectivity index (χ3v) is 16.1. The number of rotatable bonds is 62. The van der Waals surface area contributed by atoms with E-state index in [-0.39, 0.29) is 31.3 Å². The Kier molecular flexibility index (Phi) is 58.7. The third-order valence-electron chi connectivity index (χ3n) is 15.2. The average molecular weight is 1160 g/mol. The molecular formula is C71H131N2O7P. The van der Waals surface area contributed by atoms with E-state index < -0.39 is 26.6 Å². The highest BCUT2D eigenvalue weighted by molar-refractivity contribution is 7.45. The predicted octanol–water partition coefficient (Wildman–Crippen LogP) is 20.9. The minimum atomic E-state index is -4.71. The largest absolute Gasteiger partial charge is 0.756 e. The average Bonchev–Trinajstić information content (AvgIpc) is 3.43. The summed E-state index contributed by atoms with van der Waals surface area (Å²) in [6.45, 7) is 6.73. The van der Waals surface area contributed by atoms with Crippen molar-refractivity contribution in [3.63, 3.8) is 0 Å². The smallest absolute Gasteiger partial charge is 0.306 e. The Morgan fingerprint density at radius 1 is 0.444 bits per heavy atom. The van der Waals surface area contributed by atoms with Crippen molar-refractivity contribution in [2.75, 3.05) is 40.9 Å². The van der Waals surface area contributed by atoms with Crippen molar-refractivity contribution in [3.05, 3.63) is 72.9 Å². The second-order valence-electron chi connectivity index (χ2n) is 24.3. The van der Waals surface area contributed by atoms with E-state index in [0.29, 0.717) is 17.4 Å². The Hall–Kier alpha value is -2.55. The van der Waals surface area contributed by atoms with Crippen LogP contribution in [-0.4, -0.2) is 69.4 Å². The molecule has 1 amide bonds. The molecule has 9 nitrogen and oxygen atoms in total. The normalized spacial score (nSPS) is 14.0. The van der Waals surface area contributed by atoms with Gasteiger partial charge in [0.2, 0.25) is 5.91 Å². The summed E-state index contributed by atoms with van der Waals surface area (Å²) in [7, 11) is 1.16. The van der Waals surface area contributed by atoms with E-state index in [1.54, 1.807) is 0 Å². The number of likely N-dealkylation sites (N-methyl/N-ethyl adjacent to an activating group) is 1. The molecule has 0 aliphatic carbocycles. The van der Waals surface area contributed by atoms with Gasteiger partial charge in [0.15, 0.2) is 0 Å². The molecule has 0 heterocycles. The highest BCUT2D eigenvalue weighted by Crippen LogP contribution is 2.38. The van der Waals surface area contributed by atoms with Crippen molar-refractivity contribution in [1.82, 2.24) is 5.32 Å². The van der Waals surface area contributed by atoms with Crippen LogP contribution in [0.15, 0.2) is 72.9 Å². The van der Waals surface area contributed by atoms with Crippen LogP contribution in [-0.2, 0) is 27.9 Å². The molecule has 0 radical (unpaired) electrons. The molecule has 0 bridgehead atoms. The van der Waals surface area contributed by atoms with Crippen molar-refractivity contribution in [2.45, 2.75) is 328 Å². The molecule has 0 aromatic carbocycles. The molecule has 0 saturated carbocycles. The minimum Gasteiger partial charge on any atom is -0.756 e. The number of phosphoric ester groups is 1. The van der Waals surface area contributed by atoms with E-state index in [1.165, 1.54) is 186 Å². The quantitative estimate of drug-likeness (QED) is 0.0212. The minimum absolute atomic E-state index is 0.0302. The lowest BCUT2D eigenvalue weighted by molar-refractivity contribution is -0.870. The SMILES string of the molecule is CC/C=C\C/C=C\C/C=C\C/C=C\C/C=C\CCCCCC(=O)NC(COP(=O)([O-])OCC[N+](C)(C)C)C(/C=C\CCCCCCCCCCC)OC(=O)CCCCCCCCCCCCCCCCCCCCCCCCCCC. The zero-order valence-electron chi connectivity index (χ0n) is 54.0. The van der Waals surface area contributed by atoms with Crippen molar-refractivity contribution in [2.24, 2.45) is 0 Å². The Morgan fingerprint density at radius 2 is 0.790 bits per heavy atom.